The highest BCUT2D eigenvalue weighted by atomic mass is 35.5. The van der Waals surface area contributed by atoms with Crippen molar-refractivity contribution < 1.29 is 23.5 Å². The number of methoxy groups -OCH3 is 1. The van der Waals surface area contributed by atoms with E-state index in [1.807, 2.05) is 0 Å². The van der Waals surface area contributed by atoms with Gasteiger partial charge in [-0.05, 0) is 24.3 Å². The van der Waals surface area contributed by atoms with E-state index in [9.17, 15) is 9.59 Å². The molecule has 0 atom stereocenters. The molecule has 6 heteroatoms. The van der Waals surface area contributed by atoms with Crippen LogP contribution in [0.2, 0.25) is 5.02 Å². The molecule has 0 amide bonds. The fourth-order valence-corrected chi connectivity index (χ4v) is 1.70. The van der Waals surface area contributed by atoms with Crippen LogP contribution in [0.4, 0.5) is 0 Å². The summed E-state index contributed by atoms with van der Waals surface area (Å²) < 4.78 is 15.1. The summed E-state index contributed by atoms with van der Waals surface area (Å²) in [6.45, 7) is 0. The minimum Gasteiger partial charge on any atom is -0.493 e. The monoisotopic (exact) mass is 280 g/mol. The molecule has 0 aliphatic carbocycles. The van der Waals surface area contributed by atoms with Crippen LogP contribution in [0, 0.1) is 0 Å². The van der Waals surface area contributed by atoms with E-state index in [0.717, 1.165) is 0 Å². The second-order valence-electron chi connectivity index (χ2n) is 3.52. The van der Waals surface area contributed by atoms with Crippen LogP contribution in [0.1, 0.15) is 20.9 Å². The van der Waals surface area contributed by atoms with Gasteiger partial charge in [-0.3, -0.25) is 4.79 Å². The zero-order valence-corrected chi connectivity index (χ0v) is 10.6. The van der Waals surface area contributed by atoms with Crippen molar-refractivity contribution >= 4 is 23.9 Å². The van der Waals surface area contributed by atoms with Crippen molar-refractivity contribution in [3.05, 3.63) is 46.9 Å². The van der Waals surface area contributed by atoms with Crippen LogP contribution >= 0.6 is 11.6 Å². The minimum atomic E-state index is -0.705. The Balaban J connectivity index is 2.34. The molecule has 1 aromatic heterocycles. The van der Waals surface area contributed by atoms with Crippen LogP contribution < -0.4 is 9.47 Å². The molecule has 0 fully saturated rings. The van der Waals surface area contributed by atoms with E-state index in [4.69, 9.17) is 25.5 Å². The number of carbonyl (C=O) groups is 2. The molecular weight excluding hydrogens is 272 g/mol. The highest BCUT2D eigenvalue weighted by Gasteiger charge is 2.18. The van der Waals surface area contributed by atoms with Crippen molar-refractivity contribution in [3.63, 3.8) is 0 Å². The molecule has 0 saturated heterocycles. The van der Waals surface area contributed by atoms with E-state index in [1.165, 1.54) is 31.6 Å². The predicted octanol–water partition coefficient (Wildman–Crippen LogP) is 2.97. The maximum atomic E-state index is 11.8. The van der Waals surface area contributed by atoms with E-state index in [1.54, 1.807) is 6.07 Å². The van der Waals surface area contributed by atoms with Gasteiger partial charge in [-0.2, -0.15) is 0 Å². The lowest BCUT2D eigenvalue weighted by Crippen LogP contribution is -2.08. The number of furan rings is 1. The van der Waals surface area contributed by atoms with Gasteiger partial charge in [-0.15, -0.1) is 0 Å². The highest BCUT2D eigenvalue weighted by molar-refractivity contribution is 6.32. The van der Waals surface area contributed by atoms with Gasteiger partial charge >= 0.3 is 5.97 Å². The first-order valence-corrected chi connectivity index (χ1v) is 5.62. The molecule has 0 N–H and O–H groups in total. The largest absolute Gasteiger partial charge is 0.493 e. The number of benzene rings is 1. The number of aldehydes is 1. The third kappa shape index (κ3) is 2.77. The normalized spacial score (nSPS) is 10.0. The molecule has 0 aliphatic rings. The molecule has 2 aromatic rings. The molecule has 0 bridgehead atoms. The summed E-state index contributed by atoms with van der Waals surface area (Å²) in [6, 6.07) is 5.82. The number of halogens is 1. The number of esters is 1. The molecule has 0 unspecified atom stereocenters. The first-order valence-electron chi connectivity index (χ1n) is 5.24. The number of hydrogen-bond acceptors (Lipinski definition) is 5. The molecule has 19 heavy (non-hydrogen) atoms. The van der Waals surface area contributed by atoms with Crippen molar-refractivity contribution in [2.24, 2.45) is 0 Å². The van der Waals surface area contributed by atoms with Crippen LogP contribution in [0.5, 0.6) is 11.5 Å². The molecular formula is C13H9ClO5. The lowest BCUT2D eigenvalue weighted by Gasteiger charge is -2.10. The lowest BCUT2D eigenvalue weighted by atomic mass is 10.2. The summed E-state index contributed by atoms with van der Waals surface area (Å²) in [5.74, 6) is -0.438. The molecule has 0 saturated carbocycles. The van der Waals surface area contributed by atoms with Crippen molar-refractivity contribution in [2.45, 2.75) is 0 Å². The van der Waals surface area contributed by atoms with Crippen molar-refractivity contribution in [2.75, 3.05) is 7.11 Å². The van der Waals surface area contributed by atoms with Gasteiger partial charge < -0.3 is 13.9 Å². The molecule has 1 heterocycles. The fourth-order valence-electron chi connectivity index (χ4n) is 1.44. The maximum Gasteiger partial charge on any atom is 0.379 e. The zero-order chi connectivity index (χ0) is 13.8. The van der Waals surface area contributed by atoms with E-state index in [0.29, 0.717) is 11.8 Å². The molecule has 0 spiro atoms. The number of ether oxygens (including phenoxy) is 2. The molecule has 2 rings (SSSR count). The van der Waals surface area contributed by atoms with Gasteiger partial charge in [-0.1, -0.05) is 11.6 Å². The Morgan fingerprint density at radius 2 is 2.21 bits per heavy atom. The summed E-state index contributed by atoms with van der Waals surface area (Å²) in [5, 5.41) is 0.0985. The Hall–Kier alpha value is -2.27. The van der Waals surface area contributed by atoms with Crippen LogP contribution in [0.15, 0.2) is 34.9 Å². The van der Waals surface area contributed by atoms with Crippen molar-refractivity contribution in [1.82, 2.24) is 0 Å². The van der Waals surface area contributed by atoms with Crippen LogP contribution in [0.25, 0.3) is 0 Å². The van der Waals surface area contributed by atoms with Crippen molar-refractivity contribution in [3.8, 4) is 11.5 Å². The Morgan fingerprint density at radius 1 is 1.42 bits per heavy atom. The zero-order valence-electron chi connectivity index (χ0n) is 9.88. The fraction of sp³-hybridized carbons (Fsp3) is 0.0769. The standard InChI is InChI=1S/C13H9ClO5/c1-17-11-6-8(7-15)5-9(14)12(11)19-13(16)10-3-2-4-18-10/h2-7H,1H3. The van der Waals surface area contributed by atoms with Gasteiger partial charge in [0.1, 0.15) is 6.29 Å². The van der Waals surface area contributed by atoms with E-state index in [-0.39, 0.29) is 22.3 Å². The maximum absolute atomic E-state index is 11.8. The first kappa shape index (κ1) is 13.2. The van der Waals surface area contributed by atoms with E-state index >= 15 is 0 Å². The van der Waals surface area contributed by atoms with Gasteiger partial charge in [0.2, 0.25) is 5.76 Å². The van der Waals surface area contributed by atoms with Gasteiger partial charge in [0, 0.05) is 5.56 Å². The summed E-state index contributed by atoms with van der Waals surface area (Å²) in [7, 11) is 1.38. The molecule has 0 aliphatic heterocycles. The topological polar surface area (TPSA) is 65.7 Å². The number of hydrogen-bond donors (Lipinski definition) is 0. The molecule has 98 valence electrons. The van der Waals surface area contributed by atoms with E-state index < -0.39 is 5.97 Å². The number of rotatable bonds is 4. The first-order chi connectivity index (χ1) is 9.15. The quantitative estimate of drug-likeness (QED) is 0.489. The summed E-state index contributed by atoms with van der Waals surface area (Å²) in [6.07, 6.45) is 1.97. The second kappa shape index (κ2) is 5.58. The van der Waals surface area contributed by atoms with Gasteiger partial charge in [0.05, 0.1) is 18.4 Å². The van der Waals surface area contributed by atoms with E-state index in [2.05, 4.69) is 0 Å². The summed E-state index contributed by atoms with van der Waals surface area (Å²) in [4.78, 5) is 22.5. The van der Waals surface area contributed by atoms with Crippen LogP contribution in [-0.2, 0) is 0 Å². The Kier molecular flexibility index (Phi) is 3.87. The molecule has 0 radical (unpaired) electrons. The third-order valence-corrected chi connectivity index (χ3v) is 2.59. The van der Waals surface area contributed by atoms with Crippen molar-refractivity contribution in [1.29, 1.82) is 0 Å². The lowest BCUT2D eigenvalue weighted by molar-refractivity contribution is 0.0696. The SMILES string of the molecule is COc1cc(C=O)cc(Cl)c1OC(=O)c1ccco1. The summed E-state index contributed by atoms with van der Waals surface area (Å²) in [5.41, 5.74) is 0.319. The molecule has 5 nitrogen and oxygen atoms in total. The van der Waals surface area contributed by atoms with Gasteiger partial charge in [-0.25, -0.2) is 4.79 Å². The third-order valence-electron chi connectivity index (χ3n) is 2.30. The van der Waals surface area contributed by atoms with Gasteiger partial charge in [0.25, 0.3) is 0 Å². The van der Waals surface area contributed by atoms with Crippen LogP contribution in [-0.4, -0.2) is 19.4 Å². The predicted molar refractivity (Wildman–Crippen MR) is 67.1 cm³/mol. The Labute approximate surface area is 113 Å². The second-order valence-corrected chi connectivity index (χ2v) is 3.93. The summed E-state index contributed by atoms with van der Waals surface area (Å²) >= 11 is 5.95. The Morgan fingerprint density at radius 3 is 2.79 bits per heavy atom. The van der Waals surface area contributed by atoms with Crippen LogP contribution in [0.3, 0.4) is 0 Å². The smallest absolute Gasteiger partial charge is 0.379 e. The highest BCUT2D eigenvalue weighted by Crippen LogP contribution is 2.36. The average Bonchev–Trinajstić information content (AvgIpc) is 2.94. The Bertz CT molecular complexity index is 604. The average molecular weight is 281 g/mol. The minimum absolute atomic E-state index is 0.0381. The number of carbonyl (C=O) groups excluding carboxylic acids is 2. The molecule has 1 aromatic carbocycles. The van der Waals surface area contributed by atoms with Gasteiger partial charge in [0.15, 0.2) is 11.5 Å².